The lowest BCUT2D eigenvalue weighted by atomic mass is 10.1. The van der Waals surface area contributed by atoms with E-state index in [4.69, 9.17) is 14.0 Å². The molecule has 0 amide bonds. The van der Waals surface area contributed by atoms with Gasteiger partial charge in [0.05, 0.1) is 31.2 Å². The van der Waals surface area contributed by atoms with Gasteiger partial charge in [0.2, 0.25) is 17.6 Å². The van der Waals surface area contributed by atoms with Crippen molar-refractivity contribution in [1.82, 2.24) is 15.1 Å². The van der Waals surface area contributed by atoms with E-state index in [1.54, 1.807) is 7.11 Å². The van der Waals surface area contributed by atoms with Crippen LogP contribution in [0.1, 0.15) is 23.9 Å². The van der Waals surface area contributed by atoms with Crippen LogP contribution in [0.2, 0.25) is 0 Å². The van der Waals surface area contributed by atoms with Gasteiger partial charge >= 0.3 is 0 Å². The third-order valence-corrected chi connectivity index (χ3v) is 4.44. The minimum atomic E-state index is 0.475. The molecule has 0 saturated heterocycles. The number of pyridine rings is 1. The first-order chi connectivity index (χ1) is 13.7. The molecule has 0 radical (unpaired) electrons. The Labute approximate surface area is 163 Å². The normalized spacial score (nSPS) is 11.0. The van der Waals surface area contributed by atoms with Gasteiger partial charge in [-0.2, -0.15) is 4.98 Å². The number of hydrogen-bond acceptors (Lipinski definition) is 6. The Balaban J connectivity index is 1.68. The molecule has 2 aromatic carbocycles. The highest BCUT2D eigenvalue weighted by atomic mass is 16.5. The average Bonchev–Trinajstić information content (AvgIpc) is 3.17. The molecule has 0 aliphatic rings. The van der Waals surface area contributed by atoms with Crippen molar-refractivity contribution in [2.75, 3.05) is 13.7 Å². The van der Waals surface area contributed by atoms with Gasteiger partial charge in [0, 0.05) is 5.39 Å². The molecule has 0 saturated carbocycles. The van der Waals surface area contributed by atoms with Crippen molar-refractivity contribution in [2.24, 2.45) is 0 Å². The van der Waals surface area contributed by atoms with Crippen LogP contribution in [0.25, 0.3) is 22.3 Å². The van der Waals surface area contributed by atoms with Crippen molar-refractivity contribution in [2.45, 2.75) is 20.3 Å². The van der Waals surface area contributed by atoms with Gasteiger partial charge in [-0.1, -0.05) is 28.9 Å². The van der Waals surface area contributed by atoms with Crippen molar-refractivity contribution in [3.63, 3.8) is 0 Å². The molecule has 0 N–H and O–H groups in total. The SMILES string of the molecule is CCOc1nc2ccc(C)cc2cc1-c1noc(Cc2ccc(OC)cc2)n1. The summed E-state index contributed by atoms with van der Waals surface area (Å²) in [6, 6.07) is 15.9. The molecule has 6 heteroatoms. The highest BCUT2D eigenvalue weighted by molar-refractivity contribution is 5.85. The predicted octanol–water partition coefficient (Wildman–Crippen LogP) is 4.59. The van der Waals surface area contributed by atoms with Crippen molar-refractivity contribution in [3.05, 3.63) is 65.5 Å². The molecule has 0 atom stereocenters. The minimum Gasteiger partial charge on any atom is -0.497 e. The Bertz CT molecular complexity index is 1100. The fourth-order valence-corrected chi connectivity index (χ4v) is 3.04. The molecule has 0 fully saturated rings. The van der Waals surface area contributed by atoms with Crippen LogP contribution < -0.4 is 9.47 Å². The maximum absolute atomic E-state index is 5.74. The fraction of sp³-hybridized carbons (Fsp3) is 0.227. The van der Waals surface area contributed by atoms with Gasteiger partial charge in [-0.15, -0.1) is 0 Å². The monoisotopic (exact) mass is 375 g/mol. The first kappa shape index (κ1) is 18.0. The summed E-state index contributed by atoms with van der Waals surface area (Å²) in [5, 5.41) is 5.17. The van der Waals surface area contributed by atoms with E-state index >= 15 is 0 Å². The van der Waals surface area contributed by atoms with Crippen LogP contribution in [-0.2, 0) is 6.42 Å². The number of benzene rings is 2. The molecule has 2 heterocycles. The highest BCUT2D eigenvalue weighted by Gasteiger charge is 2.17. The number of ether oxygens (including phenoxy) is 2. The Morgan fingerprint density at radius 2 is 1.82 bits per heavy atom. The number of methoxy groups -OCH3 is 1. The average molecular weight is 375 g/mol. The van der Waals surface area contributed by atoms with Crippen LogP contribution in [0.15, 0.2) is 53.1 Å². The van der Waals surface area contributed by atoms with E-state index in [1.807, 2.05) is 49.4 Å². The summed E-state index contributed by atoms with van der Waals surface area (Å²) in [6.45, 7) is 4.49. The lowest BCUT2D eigenvalue weighted by Crippen LogP contribution is -1.99. The smallest absolute Gasteiger partial charge is 0.231 e. The largest absolute Gasteiger partial charge is 0.497 e. The van der Waals surface area contributed by atoms with Crippen molar-refractivity contribution in [3.8, 4) is 23.0 Å². The molecule has 142 valence electrons. The third kappa shape index (κ3) is 3.67. The van der Waals surface area contributed by atoms with Crippen LogP contribution in [0.4, 0.5) is 0 Å². The molecule has 0 spiro atoms. The Morgan fingerprint density at radius 1 is 1.00 bits per heavy atom. The molecule has 0 aliphatic carbocycles. The van der Waals surface area contributed by atoms with Crippen LogP contribution in [0.3, 0.4) is 0 Å². The lowest BCUT2D eigenvalue weighted by molar-refractivity contribution is 0.329. The number of rotatable bonds is 6. The second-order valence-corrected chi connectivity index (χ2v) is 6.51. The number of hydrogen-bond donors (Lipinski definition) is 0. The summed E-state index contributed by atoms with van der Waals surface area (Å²) in [5.41, 5.74) is 3.83. The van der Waals surface area contributed by atoms with Gasteiger partial charge in [-0.05, 0) is 49.7 Å². The Morgan fingerprint density at radius 3 is 2.57 bits per heavy atom. The molecule has 0 unspecified atom stereocenters. The van der Waals surface area contributed by atoms with E-state index in [0.717, 1.165) is 33.3 Å². The summed E-state index contributed by atoms with van der Waals surface area (Å²) in [4.78, 5) is 9.20. The Hall–Kier alpha value is -3.41. The first-order valence-electron chi connectivity index (χ1n) is 9.16. The molecular weight excluding hydrogens is 354 g/mol. The number of nitrogens with zero attached hydrogens (tertiary/aromatic N) is 3. The number of aromatic nitrogens is 3. The summed E-state index contributed by atoms with van der Waals surface area (Å²) < 4.78 is 16.4. The van der Waals surface area contributed by atoms with E-state index in [-0.39, 0.29) is 0 Å². The van der Waals surface area contributed by atoms with Gasteiger partial charge in [-0.3, -0.25) is 0 Å². The molecule has 4 aromatic rings. The number of aryl methyl sites for hydroxylation is 1. The van der Waals surface area contributed by atoms with E-state index in [1.165, 1.54) is 0 Å². The molecule has 0 bridgehead atoms. The van der Waals surface area contributed by atoms with Crippen LogP contribution in [0.5, 0.6) is 11.6 Å². The lowest BCUT2D eigenvalue weighted by Gasteiger charge is -2.08. The van der Waals surface area contributed by atoms with E-state index < -0.39 is 0 Å². The molecule has 2 aromatic heterocycles. The zero-order valence-electron chi connectivity index (χ0n) is 16.1. The molecule has 28 heavy (non-hydrogen) atoms. The van der Waals surface area contributed by atoms with Crippen molar-refractivity contribution < 1.29 is 14.0 Å². The van der Waals surface area contributed by atoms with Crippen LogP contribution in [-0.4, -0.2) is 28.8 Å². The summed E-state index contributed by atoms with van der Waals surface area (Å²) in [5.74, 6) is 2.33. The van der Waals surface area contributed by atoms with E-state index in [2.05, 4.69) is 28.1 Å². The Kier molecular flexibility index (Phi) is 4.93. The predicted molar refractivity (Wildman–Crippen MR) is 107 cm³/mol. The maximum atomic E-state index is 5.74. The van der Waals surface area contributed by atoms with Gasteiger partial charge in [-0.25, -0.2) is 4.98 Å². The molecule has 4 rings (SSSR count). The van der Waals surface area contributed by atoms with Gasteiger partial charge < -0.3 is 14.0 Å². The van der Waals surface area contributed by atoms with Crippen LogP contribution in [0, 0.1) is 6.92 Å². The van der Waals surface area contributed by atoms with Gasteiger partial charge in [0.25, 0.3) is 0 Å². The second kappa shape index (κ2) is 7.68. The summed E-state index contributed by atoms with van der Waals surface area (Å²) >= 11 is 0. The van der Waals surface area contributed by atoms with Gasteiger partial charge in [0.1, 0.15) is 5.75 Å². The molecular formula is C22H21N3O3. The van der Waals surface area contributed by atoms with Gasteiger partial charge in [0.15, 0.2) is 0 Å². The number of fused-ring (bicyclic) bond motifs is 1. The molecule has 0 aliphatic heterocycles. The second-order valence-electron chi connectivity index (χ2n) is 6.51. The quantitative estimate of drug-likeness (QED) is 0.491. The third-order valence-electron chi connectivity index (χ3n) is 4.44. The summed E-state index contributed by atoms with van der Waals surface area (Å²) in [7, 11) is 1.65. The van der Waals surface area contributed by atoms with E-state index in [9.17, 15) is 0 Å². The van der Waals surface area contributed by atoms with E-state index in [0.29, 0.717) is 30.6 Å². The zero-order valence-corrected chi connectivity index (χ0v) is 16.1. The molecule has 6 nitrogen and oxygen atoms in total. The fourth-order valence-electron chi connectivity index (χ4n) is 3.04. The minimum absolute atomic E-state index is 0.475. The first-order valence-corrected chi connectivity index (χ1v) is 9.16. The standard InChI is InChI=1S/C22H21N3O3/c1-4-27-22-18(13-16-11-14(2)5-10-19(16)23-22)21-24-20(28-25-21)12-15-6-8-17(26-3)9-7-15/h5-11,13H,4,12H2,1-3H3. The maximum Gasteiger partial charge on any atom is 0.231 e. The summed E-state index contributed by atoms with van der Waals surface area (Å²) in [6.07, 6.45) is 0.543. The van der Waals surface area contributed by atoms with Crippen molar-refractivity contribution >= 4 is 10.9 Å². The van der Waals surface area contributed by atoms with Crippen molar-refractivity contribution in [1.29, 1.82) is 0 Å². The zero-order chi connectivity index (χ0) is 19.5. The van der Waals surface area contributed by atoms with Crippen LogP contribution >= 0.6 is 0 Å². The topological polar surface area (TPSA) is 70.3 Å². The highest BCUT2D eigenvalue weighted by Crippen LogP contribution is 2.30.